The van der Waals surface area contributed by atoms with E-state index >= 15 is 0 Å². The third-order valence-corrected chi connectivity index (χ3v) is 3.83. The zero-order valence-electron chi connectivity index (χ0n) is 11.5. The van der Waals surface area contributed by atoms with Gasteiger partial charge >= 0.3 is 0 Å². The quantitative estimate of drug-likeness (QED) is 0.780. The fraction of sp³-hybridized carbons (Fsp3) is 0.250. The Morgan fingerprint density at radius 1 is 1.05 bits per heavy atom. The summed E-state index contributed by atoms with van der Waals surface area (Å²) in [7, 11) is 1.67. The second-order valence-electron chi connectivity index (χ2n) is 4.44. The van der Waals surface area contributed by atoms with Gasteiger partial charge in [-0.1, -0.05) is 54.4 Å². The van der Waals surface area contributed by atoms with Crippen molar-refractivity contribution in [3.8, 4) is 5.75 Å². The number of benzene rings is 2. The van der Waals surface area contributed by atoms with Gasteiger partial charge in [0.15, 0.2) is 0 Å². The molecule has 2 aromatic carbocycles. The first-order chi connectivity index (χ1) is 9.67. The van der Waals surface area contributed by atoms with Gasteiger partial charge in [0.2, 0.25) is 0 Å². The van der Waals surface area contributed by atoms with Crippen molar-refractivity contribution < 1.29 is 4.74 Å². The van der Waals surface area contributed by atoms with Gasteiger partial charge < -0.3 is 10.1 Å². The van der Waals surface area contributed by atoms with E-state index in [1.807, 2.05) is 42.5 Å². The number of hydrogen-bond acceptors (Lipinski definition) is 2. The van der Waals surface area contributed by atoms with Crippen LogP contribution in [0, 0.1) is 0 Å². The van der Waals surface area contributed by atoms with Gasteiger partial charge in [0.05, 0.1) is 28.9 Å². The van der Waals surface area contributed by atoms with E-state index < -0.39 is 0 Å². The summed E-state index contributed by atoms with van der Waals surface area (Å²) in [5.41, 5.74) is 1.85. The summed E-state index contributed by atoms with van der Waals surface area (Å²) in [4.78, 5) is 0. The predicted molar refractivity (Wildman–Crippen MR) is 86.1 cm³/mol. The van der Waals surface area contributed by atoms with Crippen molar-refractivity contribution in [2.24, 2.45) is 0 Å². The number of ether oxygens (including phenoxy) is 1. The Morgan fingerprint density at radius 2 is 1.70 bits per heavy atom. The molecule has 20 heavy (non-hydrogen) atoms. The lowest BCUT2D eigenvalue weighted by atomic mass is 10.0. The molecule has 4 heteroatoms. The molecule has 2 rings (SSSR count). The SMILES string of the molecule is CCC(Nc1c(Cl)cccc1Cl)c1ccccc1OC. The molecule has 0 aliphatic carbocycles. The van der Waals surface area contributed by atoms with Gasteiger partial charge in [-0.3, -0.25) is 0 Å². The molecule has 1 atom stereocenters. The Balaban J connectivity index is 2.34. The maximum Gasteiger partial charge on any atom is 0.124 e. The second-order valence-corrected chi connectivity index (χ2v) is 5.26. The molecule has 0 saturated carbocycles. The van der Waals surface area contributed by atoms with Gasteiger partial charge in [-0.15, -0.1) is 0 Å². The lowest BCUT2D eigenvalue weighted by molar-refractivity contribution is 0.406. The zero-order valence-corrected chi connectivity index (χ0v) is 13.0. The van der Waals surface area contributed by atoms with Gasteiger partial charge in [-0.05, 0) is 24.6 Å². The summed E-state index contributed by atoms with van der Waals surface area (Å²) in [6.07, 6.45) is 0.891. The van der Waals surface area contributed by atoms with Crippen LogP contribution in [-0.2, 0) is 0 Å². The fourth-order valence-electron chi connectivity index (χ4n) is 2.16. The van der Waals surface area contributed by atoms with Gasteiger partial charge in [-0.25, -0.2) is 0 Å². The summed E-state index contributed by atoms with van der Waals surface area (Å²) in [6.45, 7) is 2.11. The minimum absolute atomic E-state index is 0.0866. The van der Waals surface area contributed by atoms with Gasteiger partial charge in [-0.2, -0.15) is 0 Å². The van der Waals surface area contributed by atoms with Gasteiger partial charge in [0, 0.05) is 5.56 Å². The standard InChI is InChI=1S/C16H17Cl2NO/c1-3-14(11-7-4-5-10-15(11)20-2)19-16-12(17)8-6-9-13(16)18/h4-10,14,19H,3H2,1-2H3. The summed E-state index contributed by atoms with van der Waals surface area (Å²) in [5.74, 6) is 0.857. The van der Waals surface area contributed by atoms with E-state index in [0.717, 1.165) is 23.4 Å². The van der Waals surface area contributed by atoms with Crippen LogP contribution in [0.4, 0.5) is 5.69 Å². The van der Waals surface area contributed by atoms with E-state index in [0.29, 0.717) is 10.0 Å². The molecule has 1 unspecified atom stereocenters. The molecule has 2 aromatic rings. The van der Waals surface area contributed by atoms with Crippen molar-refractivity contribution in [2.75, 3.05) is 12.4 Å². The number of rotatable bonds is 5. The molecule has 0 amide bonds. The zero-order chi connectivity index (χ0) is 14.5. The largest absolute Gasteiger partial charge is 0.496 e. The average Bonchev–Trinajstić information content (AvgIpc) is 2.47. The van der Waals surface area contributed by atoms with Crippen LogP contribution >= 0.6 is 23.2 Å². The highest BCUT2D eigenvalue weighted by Crippen LogP contribution is 2.36. The minimum atomic E-state index is 0.0866. The first-order valence-electron chi connectivity index (χ1n) is 6.50. The van der Waals surface area contributed by atoms with E-state index in [1.54, 1.807) is 7.11 Å². The third kappa shape index (κ3) is 3.20. The number of methoxy groups -OCH3 is 1. The molecule has 0 spiro atoms. The molecule has 0 bridgehead atoms. The molecule has 0 fully saturated rings. The fourth-order valence-corrected chi connectivity index (χ4v) is 2.67. The number of nitrogens with one attached hydrogen (secondary N) is 1. The first kappa shape index (κ1) is 15.0. The molecule has 0 radical (unpaired) electrons. The van der Waals surface area contributed by atoms with Crippen LogP contribution in [0.15, 0.2) is 42.5 Å². The lowest BCUT2D eigenvalue weighted by Crippen LogP contribution is -2.11. The van der Waals surface area contributed by atoms with E-state index in [9.17, 15) is 0 Å². The maximum atomic E-state index is 6.21. The number of para-hydroxylation sites is 2. The van der Waals surface area contributed by atoms with E-state index in [4.69, 9.17) is 27.9 Å². The maximum absolute atomic E-state index is 6.21. The Morgan fingerprint density at radius 3 is 2.30 bits per heavy atom. The second kappa shape index (κ2) is 6.87. The normalized spacial score (nSPS) is 12.0. The minimum Gasteiger partial charge on any atom is -0.496 e. The van der Waals surface area contributed by atoms with Crippen LogP contribution in [0.5, 0.6) is 5.75 Å². The Kier molecular flexibility index (Phi) is 5.16. The van der Waals surface area contributed by atoms with Crippen LogP contribution in [0.25, 0.3) is 0 Å². The van der Waals surface area contributed by atoms with Crippen molar-refractivity contribution in [2.45, 2.75) is 19.4 Å². The van der Waals surface area contributed by atoms with Crippen molar-refractivity contribution in [3.63, 3.8) is 0 Å². The highest BCUT2D eigenvalue weighted by atomic mass is 35.5. The molecule has 106 valence electrons. The monoisotopic (exact) mass is 309 g/mol. The molecule has 0 heterocycles. The van der Waals surface area contributed by atoms with Crippen LogP contribution in [-0.4, -0.2) is 7.11 Å². The smallest absolute Gasteiger partial charge is 0.124 e. The molecule has 0 aromatic heterocycles. The number of hydrogen-bond donors (Lipinski definition) is 1. The topological polar surface area (TPSA) is 21.3 Å². The summed E-state index contributed by atoms with van der Waals surface area (Å²) in [5, 5.41) is 4.65. The number of anilines is 1. The van der Waals surface area contributed by atoms with Crippen LogP contribution in [0.1, 0.15) is 24.9 Å². The van der Waals surface area contributed by atoms with E-state index in [-0.39, 0.29) is 6.04 Å². The molecule has 0 aliphatic rings. The molecule has 2 nitrogen and oxygen atoms in total. The van der Waals surface area contributed by atoms with Crippen molar-refractivity contribution in [1.82, 2.24) is 0 Å². The molecule has 0 saturated heterocycles. The summed E-state index contributed by atoms with van der Waals surface area (Å²) < 4.78 is 5.42. The van der Waals surface area contributed by atoms with Crippen molar-refractivity contribution >= 4 is 28.9 Å². The highest BCUT2D eigenvalue weighted by molar-refractivity contribution is 6.39. The molecular weight excluding hydrogens is 293 g/mol. The highest BCUT2D eigenvalue weighted by Gasteiger charge is 2.16. The Bertz CT molecular complexity index is 566. The van der Waals surface area contributed by atoms with E-state index in [1.165, 1.54) is 0 Å². The van der Waals surface area contributed by atoms with Gasteiger partial charge in [0.1, 0.15) is 5.75 Å². The first-order valence-corrected chi connectivity index (χ1v) is 7.26. The predicted octanol–water partition coefficient (Wildman–Crippen LogP) is 5.57. The van der Waals surface area contributed by atoms with Crippen LogP contribution in [0.2, 0.25) is 10.0 Å². The summed E-state index contributed by atoms with van der Waals surface area (Å²) in [6, 6.07) is 13.5. The third-order valence-electron chi connectivity index (χ3n) is 3.20. The summed E-state index contributed by atoms with van der Waals surface area (Å²) >= 11 is 12.4. The van der Waals surface area contributed by atoms with Crippen LogP contribution in [0.3, 0.4) is 0 Å². The average molecular weight is 310 g/mol. The molecule has 0 aliphatic heterocycles. The van der Waals surface area contributed by atoms with Gasteiger partial charge in [0.25, 0.3) is 0 Å². The van der Waals surface area contributed by atoms with Crippen molar-refractivity contribution in [1.29, 1.82) is 0 Å². The van der Waals surface area contributed by atoms with Crippen LogP contribution < -0.4 is 10.1 Å². The molecular formula is C16H17Cl2NO. The Labute approximate surface area is 129 Å². The lowest BCUT2D eigenvalue weighted by Gasteiger charge is -2.22. The van der Waals surface area contributed by atoms with E-state index in [2.05, 4.69) is 12.2 Å². The Hall–Kier alpha value is -1.38. The molecule has 1 N–H and O–H groups in total. The number of halogens is 2. The van der Waals surface area contributed by atoms with Crippen molar-refractivity contribution in [3.05, 3.63) is 58.1 Å².